The van der Waals surface area contributed by atoms with Crippen LogP contribution in [0.1, 0.15) is 15.9 Å². The first kappa shape index (κ1) is 12.2. The van der Waals surface area contributed by atoms with Crippen LogP contribution in [0, 0.1) is 11.6 Å². The summed E-state index contributed by atoms with van der Waals surface area (Å²) in [6, 6.07) is 9.70. The molecule has 2 rings (SSSR count). The van der Waals surface area contributed by atoms with Crippen molar-refractivity contribution in [3.8, 4) is 5.75 Å². The number of benzene rings is 2. The van der Waals surface area contributed by atoms with Crippen molar-refractivity contribution >= 4 is 6.29 Å². The molecule has 2 aromatic carbocycles. The van der Waals surface area contributed by atoms with Crippen molar-refractivity contribution in [3.05, 3.63) is 65.2 Å². The predicted molar refractivity (Wildman–Crippen MR) is 62.5 cm³/mol. The third-order valence-electron chi connectivity index (χ3n) is 2.44. The van der Waals surface area contributed by atoms with E-state index >= 15 is 0 Å². The van der Waals surface area contributed by atoms with E-state index in [1.165, 1.54) is 18.2 Å². The second-order valence-electron chi connectivity index (χ2n) is 3.68. The zero-order valence-electron chi connectivity index (χ0n) is 9.40. The smallest absolute Gasteiger partial charge is 0.153 e. The van der Waals surface area contributed by atoms with Crippen LogP contribution in [0.5, 0.6) is 5.75 Å². The van der Waals surface area contributed by atoms with Crippen molar-refractivity contribution in [2.24, 2.45) is 0 Å². The highest BCUT2D eigenvalue weighted by molar-refractivity contribution is 5.79. The Balaban J connectivity index is 2.18. The standard InChI is InChI=1S/C14H10F2O2/c15-12-6-5-10(8-17)14(7-12)18-9-11-3-1-2-4-13(11)16/h1-8H,9H2. The first-order valence-electron chi connectivity index (χ1n) is 5.31. The summed E-state index contributed by atoms with van der Waals surface area (Å²) in [4.78, 5) is 10.7. The number of halogens is 2. The molecule has 0 aliphatic carbocycles. The Morgan fingerprint density at radius 3 is 2.61 bits per heavy atom. The molecular formula is C14H10F2O2. The van der Waals surface area contributed by atoms with Crippen LogP contribution in [-0.2, 0) is 6.61 Å². The van der Waals surface area contributed by atoms with Crippen molar-refractivity contribution in [2.75, 3.05) is 0 Å². The summed E-state index contributed by atoms with van der Waals surface area (Å²) in [5, 5.41) is 0. The van der Waals surface area contributed by atoms with Gasteiger partial charge < -0.3 is 4.74 Å². The molecule has 0 saturated heterocycles. The van der Waals surface area contributed by atoms with E-state index in [4.69, 9.17) is 4.74 Å². The molecule has 18 heavy (non-hydrogen) atoms. The largest absolute Gasteiger partial charge is 0.488 e. The SMILES string of the molecule is O=Cc1ccc(F)cc1OCc1ccccc1F. The Labute approximate surface area is 103 Å². The zero-order valence-corrected chi connectivity index (χ0v) is 9.40. The van der Waals surface area contributed by atoms with Crippen molar-refractivity contribution in [1.82, 2.24) is 0 Å². The quantitative estimate of drug-likeness (QED) is 0.775. The summed E-state index contributed by atoms with van der Waals surface area (Å²) in [5.41, 5.74) is 0.575. The number of rotatable bonds is 4. The van der Waals surface area contributed by atoms with E-state index in [1.54, 1.807) is 18.2 Å². The van der Waals surface area contributed by atoms with Gasteiger partial charge in [-0.25, -0.2) is 8.78 Å². The first-order chi connectivity index (χ1) is 8.70. The molecule has 0 atom stereocenters. The van der Waals surface area contributed by atoms with E-state index in [0.29, 0.717) is 11.8 Å². The summed E-state index contributed by atoms with van der Waals surface area (Å²) in [5.74, 6) is -0.807. The molecule has 0 aliphatic heterocycles. The fourth-order valence-corrected chi connectivity index (χ4v) is 1.50. The van der Waals surface area contributed by atoms with Crippen LogP contribution >= 0.6 is 0 Å². The lowest BCUT2D eigenvalue weighted by Gasteiger charge is -2.09. The van der Waals surface area contributed by atoms with Crippen LogP contribution in [0.4, 0.5) is 8.78 Å². The third-order valence-corrected chi connectivity index (χ3v) is 2.44. The topological polar surface area (TPSA) is 26.3 Å². The molecule has 0 aromatic heterocycles. The number of hydrogen-bond donors (Lipinski definition) is 0. The normalized spacial score (nSPS) is 10.1. The lowest BCUT2D eigenvalue weighted by Crippen LogP contribution is -2.00. The molecule has 2 aromatic rings. The van der Waals surface area contributed by atoms with E-state index in [0.717, 1.165) is 6.07 Å². The minimum Gasteiger partial charge on any atom is -0.488 e. The molecule has 0 heterocycles. The minimum atomic E-state index is -0.510. The maximum Gasteiger partial charge on any atom is 0.153 e. The molecule has 2 nitrogen and oxygen atoms in total. The van der Waals surface area contributed by atoms with Gasteiger partial charge in [-0.2, -0.15) is 0 Å². The van der Waals surface area contributed by atoms with Gasteiger partial charge in [0.25, 0.3) is 0 Å². The van der Waals surface area contributed by atoms with Crippen LogP contribution in [0.25, 0.3) is 0 Å². The molecule has 0 bridgehead atoms. The van der Waals surface area contributed by atoms with Crippen LogP contribution in [0.15, 0.2) is 42.5 Å². The highest BCUT2D eigenvalue weighted by atomic mass is 19.1. The Hall–Kier alpha value is -2.23. The van der Waals surface area contributed by atoms with E-state index < -0.39 is 11.6 Å². The second kappa shape index (κ2) is 5.40. The lowest BCUT2D eigenvalue weighted by molar-refractivity contribution is 0.111. The maximum absolute atomic E-state index is 13.3. The molecule has 0 amide bonds. The van der Waals surface area contributed by atoms with Gasteiger partial charge in [0.1, 0.15) is 24.0 Å². The number of carbonyl (C=O) groups excluding carboxylic acids is 1. The molecule has 4 heteroatoms. The van der Waals surface area contributed by atoms with E-state index in [2.05, 4.69) is 0 Å². The minimum absolute atomic E-state index is 0.0586. The molecule has 0 N–H and O–H groups in total. The van der Waals surface area contributed by atoms with Crippen LogP contribution in [0.2, 0.25) is 0 Å². The van der Waals surface area contributed by atoms with Gasteiger partial charge in [-0.3, -0.25) is 4.79 Å². The monoisotopic (exact) mass is 248 g/mol. The summed E-state index contributed by atoms with van der Waals surface area (Å²) >= 11 is 0. The molecule has 0 spiro atoms. The zero-order chi connectivity index (χ0) is 13.0. The van der Waals surface area contributed by atoms with Crippen molar-refractivity contribution in [3.63, 3.8) is 0 Å². The number of aldehydes is 1. The highest BCUT2D eigenvalue weighted by Gasteiger charge is 2.07. The summed E-state index contributed by atoms with van der Waals surface area (Å²) in [6.07, 6.45) is 0.566. The molecule has 0 aliphatic rings. The highest BCUT2D eigenvalue weighted by Crippen LogP contribution is 2.20. The Kier molecular flexibility index (Phi) is 3.67. The number of hydrogen-bond acceptors (Lipinski definition) is 2. The predicted octanol–water partition coefficient (Wildman–Crippen LogP) is 3.36. The van der Waals surface area contributed by atoms with Gasteiger partial charge in [0, 0.05) is 11.6 Å². The van der Waals surface area contributed by atoms with Gasteiger partial charge in [0.2, 0.25) is 0 Å². The van der Waals surface area contributed by atoms with Gasteiger partial charge >= 0.3 is 0 Å². The molecule has 0 saturated carbocycles. The molecule has 92 valence electrons. The van der Waals surface area contributed by atoms with Crippen molar-refractivity contribution in [1.29, 1.82) is 0 Å². The average molecular weight is 248 g/mol. The lowest BCUT2D eigenvalue weighted by atomic mass is 10.2. The van der Waals surface area contributed by atoms with E-state index in [1.807, 2.05) is 0 Å². The van der Waals surface area contributed by atoms with E-state index in [-0.39, 0.29) is 17.9 Å². The van der Waals surface area contributed by atoms with Crippen molar-refractivity contribution in [2.45, 2.75) is 6.61 Å². The Morgan fingerprint density at radius 1 is 1.11 bits per heavy atom. The molecular weight excluding hydrogens is 238 g/mol. The van der Waals surface area contributed by atoms with Crippen molar-refractivity contribution < 1.29 is 18.3 Å². The average Bonchev–Trinajstić information content (AvgIpc) is 2.38. The fraction of sp³-hybridized carbons (Fsp3) is 0.0714. The van der Waals surface area contributed by atoms with Crippen LogP contribution in [0.3, 0.4) is 0 Å². The van der Waals surface area contributed by atoms with E-state index in [9.17, 15) is 13.6 Å². The number of ether oxygens (including phenoxy) is 1. The van der Waals surface area contributed by atoms with Gasteiger partial charge in [-0.05, 0) is 18.2 Å². The molecule has 0 radical (unpaired) electrons. The van der Waals surface area contributed by atoms with Gasteiger partial charge in [-0.15, -0.1) is 0 Å². The van der Waals surface area contributed by atoms with Crippen LogP contribution in [-0.4, -0.2) is 6.29 Å². The number of carbonyl (C=O) groups is 1. The summed E-state index contributed by atoms with van der Waals surface area (Å²) in [7, 11) is 0. The summed E-state index contributed by atoms with van der Waals surface area (Å²) < 4.78 is 31.6. The second-order valence-corrected chi connectivity index (χ2v) is 3.68. The fourth-order valence-electron chi connectivity index (χ4n) is 1.50. The summed E-state index contributed by atoms with van der Waals surface area (Å²) in [6.45, 7) is -0.0586. The van der Waals surface area contributed by atoms with Crippen LogP contribution < -0.4 is 4.74 Å². The first-order valence-corrected chi connectivity index (χ1v) is 5.31. The maximum atomic E-state index is 13.3. The Bertz CT molecular complexity index is 567. The van der Waals surface area contributed by atoms with Gasteiger partial charge in [-0.1, -0.05) is 18.2 Å². The van der Waals surface area contributed by atoms with Gasteiger partial charge in [0.15, 0.2) is 6.29 Å². The Morgan fingerprint density at radius 2 is 1.89 bits per heavy atom. The molecule has 0 unspecified atom stereocenters. The third kappa shape index (κ3) is 2.71. The molecule has 0 fully saturated rings. The van der Waals surface area contributed by atoms with Gasteiger partial charge in [0.05, 0.1) is 5.56 Å².